The number of fused-ring (bicyclic) bond motifs is 1. The fourth-order valence-electron chi connectivity index (χ4n) is 2.17. The molecule has 1 saturated carbocycles. The minimum Gasteiger partial charge on any atom is -0.369 e. The highest BCUT2D eigenvalue weighted by Gasteiger charge is 2.38. The van der Waals surface area contributed by atoms with Crippen LogP contribution in [0.2, 0.25) is 0 Å². The number of carbonyl (C=O) groups excluding carboxylic acids is 1. The highest BCUT2D eigenvalue weighted by Crippen LogP contribution is 2.41. The van der Waals surface area contributed by atoms with Gasteiger partial charge in [-0.2, -0.15) is 23.5 Å². The maximum Gasteiger partial charge on any atom is 0.231 e. The van der Waals surface area contributed by atoms with Crippen LogP contribution in [0.4, 0.5) is 0 Å². The van der Waals surface area contributed by atoms with Gasteiger partial charge in [-0.05, 0) is 12.8 Å². The smallest absolute Gasteiger partial charge is 0.231 e. The van der Waals surface area contributed by atoms with Crippen molar-refractivity contribution in [1.29, 1.82) is 0 Å². The minimum absolute atomic E-state index is 0.248. The lowest BCUT2D eigenvalue weighted by molar-refractivity contribution is -0.117. The molecule has 3 atom stereocenters. The fourth-order valence-corrected chi connectivity index (χ4v) is 5.48. The average molecular weight is 232 g/mol. The van der Waals surface area contributed by atoms with Gasteiger partial charge < -0.3 is 11.1 Å². The molecule has 0 aromatic carbocycles. The van der Waals surface area contributed by atoms with Crippen LogP contribution in [0.15, 0.2) is 0 Å². The molecule has 0 aromatic heterocycles. The first-order chi connectivity index (χ1) is 6.77. The number of nitrogens with two attached hydrogens (primary N) is 1. The minimum atomic E-state index is -0.248. The van der Waals surface area contributed by atoms with Gasteiger partial charge in [0.2, 0.25) is 5.91 Å². The molecule has 0 aromatic rings. The second-order valence-electron chi connectivity index (χ2n) is 3.78. The summed E-state index contributed by atoms with van der Waals surface area (Å²) in [6, 6.07) is 0.505. The maximum atomic E-state index is 10.7. The van der Waals surface area contributed by atoms with E-state index in [1.165, 1.54) is 24.3 Å². The van der Waals surface area contributed by atoms with Crippen LogP contribution in [0.3, 0.4) is 0 Å². The topological polar surface area (TPSA) is 55.1 Å². The van der Waals surface area contributed by atoms with Crippen LogP contribution in [-0.2, 0) is 4.79 Å². The molecule has 14 heavy (non-hydrogen) atoms. The zero-order valence-electron chi connectivity index (χ0n) is 8.07. The van der Waals surface area contributed by atoms with Gasteiger partial charge in [0.1, 0.15) is 0 Å². The highest BCUT2D eigenvalue weighted by molar-refractivity contribution is 8.07. The van der Waals surface area contributed by atoms with Gasteiger partial charge in [0.05, 0.1) is 6.54 Å². The predicted molar refractivity (Wildman–Crippen MR) is 62.7 cm³/mol. The quantitative estimate of drug-likeness (QED) is 0.741. The van der Waals surface area contributed by atoms with E-state index in [4.69, 9.17) is 5.73 Å². The van der Waals surface area contributed by atoms with E-state index in [0.717, 1.165) is 5.25 Å². The predicted octanol–water partition coefficient (Wildman–Crippen LogP) is 0.441. The van der Waals surface area contributed by atoms with Gasteiger partial charge in [-0.1, -0.05) is 0 Å². The summed E-state index contributed by atoms with van der Waals surface area (Å²) in [6.07, 6.45) is 2.49. The molecule has 5 heteroatoms. The van der Waals surface area contributed by atoms with Crippen molar-refractivity contribution < 1.29 is 4.79 Å². The van der Waals surface area contributed by atoms with Gasteiger partial charge in [0, 0.05) is 28.0 Å². The summed E-state index contributed by atoms with van der Waals surface area (Å²) < 4.78 is 0. The number of rotatable bonds is 3. The van der Waals surface area contributed by atoms with E-state index in [2.05, 4.69) is 28.8 Å². The summed E-state index contributed by atoms with van der Waals surface area (Å²) in [5, 5.41) is 4.78. The van der Waals surface area contributed by atoms with Crippen molar-refractivity contribution in [3.63, 3.8) is 0 Å². The zero-order valence-corrected chi connectivity index (χ0v) is 9.70. The molecule has 0 spiro atoms. The van der Waals surface area contributed by atoms with Gasteiger partial charge in [-0.3, -0.25) is 4.79 Å². The Hall–Kier alpha value is 0.130. The third-order valence-corrected chi connectivity index (χ3v) is 6.10. The Labute approximate surface area is 92.9 Å². The van der Waals surface area contributed by atoms with Crippen molar-refractivity contribution in [2.75, 3.05) is 18.1 Å². The molecule has 1 aliphatic carbocycles. The van der Waals surface area contributed by atoms with E-state index in [1.807, 2.05) is 0 Å². The van der Waals surface area contributed by atoms with Crippen molar-refractivity contribution in [1.82, 2.24) is 5.32 Å². The molecule has 80 valence electrons. The SMILES string of the molecule is NC(=O)CNC1CCC2SCCSC12. The van der Waals surface area contributed by atoms with Crippen LogP contribution in [-0.4, -0.2) is 40.5 Å². The first-order valence-electron chi connectivity index (χ1n) is 5.02. The van der Waals surface area contributed by atoms with Gasteiger partial charge >= 0.3 is 0 Å². The Morgan fingerprint density at radius 3 is 2.93 bits per heavy atom. The van der Waals surface area contributed by atoms with Crippen LogP contribution in [0.25, 0.3) is 0 Å². The summed E-state index contributed by atoms with van der Waals surface area (Å²) in [7, 11) is 0. The van der Waals surface area contributed by atoms with E-state index in [9.17, 15) is 4.79 Å². The third kappa shape index (κ3) is 2.38. The summed E-state index contributed by atoms with van der Waals surface area (Å²) in [5.74, 6) is 2.29. The molecule has 2 aliphatic rings. The summed E-state index contributed by atoms with van der Waals surface area (Å²) in [5.41, 5.74) is 5.13. The second kappa shape index (κ2) is 4.77. The van der Waals surface area contributed by atoms with E-state index in [1.54, 1.807) is 0 Å². The van der Waals surface area contributed by atoms with E-state index >= 15 is 0 Å². The van der Waals surface area contributed by atoms with Crippen LogP contribution in [0.5, 0.6) is 0 Å². The van der Waals surface area contributed by atoms with Crippen molar-refractivity contribution in [2.24, 2.45) is 5.73 Å². The molecule has 0 radical (unpaired) electrons. The molecular formula is C9H16N2OS2. The Bertz CT molecular complexity index is 225. The Balaban J connectivity index is 1.84. The normalized spacial score (nSPS) is 36.7. The first kappa shape index (κ1) is 10.6. The van der Waals surface area contributed by atoms with Gasteiger partial charge in [-0.25, -0.2) is 0 Å². The molecule has 3 N–H and O–H groups in total. The number of carbonyl (C=O) groups is 1. The number of nitrogens with one attached hydrogen (secondary N) is 1. The molecule has 0 bridgehead atoms. The number of amides is 1. The van der Waals surface area contributed by atoms with Gasteiger partial charge in [0.25, 0.3) is 0 Å². The maximum absolute atomic E-state index is 10.7. The van der Waals surface area contributed by atoms with E-state index < -0.39 is 0 Å². The lowest BCUT2D eigenvalue weighted by Gasteiger charge is -2.28. The lowest BCUT2D eigenvalue weighted by Crippen LogP contribution is -2.42. The second-order valence-corrected chi connectivity index (χ2v) is 6.41. The van der Waals surface area contributed by atoms with Crippen molar-refractivity contribution in [3.05, 3.63) is 0 Å². The van der Waals surface area contributed by atoms with Crippen LogP contribution < -0.4 is 11.1 Å². The molecule has 3 unspecified atom stereocenters. The van der Waals surface area contributed by atoms with E-state index in [0.29, 0.717) is 17.8 Å². The van der Waals surface area contributed by atoms with Crippen LogP contribution in [0, 0.1) is 0 Å². The van der Waals surface area contributed by atoms with Crippen LogP contribution in [0.1, 0.15) is 12.8 Å². The number of primary amides is 1. The summed E-state index contributed by atoms with van der Waals surface area (Å²) >= 11 is 4.15. The Kier molecular flexibility index (Phi) is 3.62. The summed E-state index contributed by atoms with van der Waals surface area (Å²) in [4.78, 5) is 10.7. The average Bonchev–Trinajstić information content (AvgIpc) is 2.58. The van der Waals surface area contributed by atoms with Gasteiger partial charge in [-0.15, -0.1) is 0 Å². The lowest BCUT2D eigenvalue weighted by atomic mass is 10.2. The van der Waals surface area contributed by atoms with Crippen LogP contribution >= 0.6 is 23.5 Å². The standard InChI is InChI=1S/C9H16N2OS2/c10-8(12)5-11-6-1-2-7-9(6)14-4-3-13-7/h6-7,9,11H,1-5H2,(H2,10,12). The van der Waals surface area contributed by atoms with Crippen molar-refractivity contribution in [3.8, 4) is 0 Å². The number of hydrogen-bond acceptors (Lipinski definition) is 4. The molecule has 2 fully saturated rings. The molecular weight excluding hydrogens is 216 g/mol. The summed E-state index contributed by atoms with van der Waals surface area (Å²) in [6.45, 7) is 0.332. The highest BCUT2D eigenvalue weighted by atomic mass is 32.2. The molecule has 2 rings (SSSR count). The largest absolute Gasteiger partial charge is 0.369 e. The molecule has 1 saturated heterocycles. The molecule has 3 nitrogen and oxygen atoms in total. The van der Waals surface area contributed by atoms with E-state index in [-0.39, 0.29) is 5.91 Å². The molecule has 1 aliphatic heterocycles. The number of thioether (sulfide) groups is 2. The molecule has 1 amide bonds. The van der Waals surface area contributed by atoms with Crippen molar-refractivity contribution in [2.45, 2.75) is 29.4 Å². The zero-order chi connectivity index (χ0) is 9.97. The number of hydrogen-bond donors (Lipinski definition) is 2. The fraction of sp³-hybridized carbons (Fsp3) is 0.889. The third-order valence-electron chi connectivity index (χ3n) is 2.79. The Morgan fingerprint density at radius 1 is 1.36 bits per heavy atom. The monoisotopic (exact) mass is 232 g/mol. The van der Waals surface area contributed by atoms with Gasteiger partial charge in [0.15, 0.2) is 0 Å². The first-order valence-corrected chi connectivity index (χ1v) is 7.12. The van der Waals surface area contributed by atoms with Crippen molar-refractivity contribution >= 4 is 29.4 Å². The molecule has 1 heterocycles. The Morgan fingerprint density at radius 2 is 2.14 bits per heavy atom.